The quantitative estimate of drug-likeness (QED) is 0.526. The first-order valence-electron chi connectivity index (χ1n) is 10.3. The molecule has 0 radical (unpaired) electrons. The van der Waals surface area contributed by atoms with E-state index in [9.17, 15) is 9.59 Å². The fraction of sp³-hybridized carbons (Fsp3) is 0.333. The topological polar surface area (TPSA) is 127 Å². The number of nitrogens with one attached hydrogen (secondary N) is 3. The number of pyridine rings is 2. The molecule has 3 aromatic heterocycles. The summed E-state index contributed by atoms with van der Waals surface area (Å²) in [7, 11) is 0. The van der Waals surface area contributed by atoms with Crippen molar-refractivity contribution >= 4 is 17.7 Å². The van der Waals surface area contributed by atoms with Gasteiger partial charge in [0.1, 0.15) is 5.82 Å². The Balaban J connectivity index is 1.31. The summed E-state index contributed by atoms with van der Waals surface area (Å²) in [6.07, 6.45) is 7.64. The fourth-order valence-corrected chi connectivity index (χ4v) is 3.59. The van der Waals surface area contributed by atoms with Gasteiger partial charge in [-0.1, -0.05) is 6.07 Å². The molecule has 3 N–H and O–H groups in total. The zero-order chi connectivity index (χ0) is 21.6. The molecule has 10 heteroatoms. The Kier molecular flexibility index (Phi) is 6.16. The Hall–Kier alpha value is -3.82. The number of rotatable bonds is 7. The summed E-state index contributed by atoms with van der Waals surface area (Å²) in [6, 6.07) is 9.26. The van der Waals surface area contributed by atoms with Crippen LogP contribution in [-0.4, -0.2) is 49.3 Å². The first-order valence-corrected chi connectivity index (χ1v) is 10.3. The number of amides is 1. The molecule has 0 bridgehead atoms. The van der Waals surface area contributed by atoms with Crippen LogP contribution in [0.2, 0.25) is 0 Å². The Morgan fingerprint density at radius 2 is 1.90 bits per heavy atom. The number of carbonyl (C=O) groups is 1. The predicted molar refractivity (Wildman–Crippen MR) is 116 cm³/mol. The third-order valence-corrected chi connectivity index (χ3v) is 5.10. The van der Waals surface area contributed by atoms with Crippen molar-refractivity contribution < 1.29 is 4.79 Å². The second kappa shape index (κ2) is 9.33. The van der Waals surface area contributed by atoms with Crippen molar-refractivity contribution in [3.63, 3.8) is 0 Å². The lowest BCUT2D eigenvalue weighted by atomic mass is 10.2. The van der Waals surface area contributed by atoms with Crippen molar-refractivity contribution in [1.29, 1.82) is 0 Å². The largest absolute Gasteiger partial charge is 0.367 e. The molecular formula is C21H24N8O2. The molecule has 160 valence electrons. The van der Waals surface area contributed by atoms with E-state index in [1.807, 2.05) is 25.1 Å². The van der Waals surface area contributed by atoms with E-state index < -0.39 is 0 Å². The van der Waals surface area contributed by atoms with E-state index in [1.165, 1.54) is 12.3 Å². The Morgan fingerprint density at radius 3 is 2.58 bits per heavy atom. The highest BCUT2D eigenvalue weighted by Gasteiger charge is 2.25. The van der Waals surface area contributed by atoms with Gasteiger partial charge in [0.05, 0.1) is 18.1 Å². The molecule has 1 aliphatic rings. The highest BCUT2D eigenvalue weighted by atomic mass is 16.2. The minimum Gasteiger partial charge on any atom is -0.367 e. The average Bonchev–Trinajstić information content (AvgIpc) is 3.22. The second-order valence-corrected chi connectivity index (χ2v) is 7.33. The first kappa shape index (κ1) is 20.5. The summed E-state index contributed by atoms with van der Waals surface area (Å²) in [6.45, 7) is 2.37. The van der Waals surface area contributed by atoms with Crippen molar-refractivity contribution in [1.82, 2.24) is 30.0 Å². The molecule has 1 amide bonds. The molecule has 0 saturated heterocycles. The van der Waals surface area contributed by atoms with Crippen molar-refractivity contribution in [2.45, 2.75) is 38.3 Å². The van der Waals surface area contributed by atoms with Crippen LogP contribution in [-0.2, 0) is 0 Å². The lowest BCUT2D eigenvalue weighted by Crippen LogP contribution is -2.25. The smallest absolute Gasteiger partial charge is 0.273 e. The minimum absolute atomic E-state index is 0.0922. The van der Waals surface area contributed by atoms with Gasteiger partial charge in [0, 0.05) is 30.9 Å². The zero-order valence-corrected chi connectivity index (χ0v) is 17.2. The normalized spacial score (nSPS) is 17.8. The lowest BCUT2D eigenvalue weighted by Gasteiger charge is -2.15. The van der Waals surface area contributed by atoms with Gasteiger partial charge in [-0.3, -0.25) is 14.2 Å². The zero-order valence-electron chi connectivity index (χ0n) is 17.2. The van der Waals surface area contributed by atoms with Gasteiger partial charge >= 0.3 is 0 Å². The molecule has 1 fully saturated rings. The van der Waals surface area contributed by atoms with Crippen LogP contribution in [0, 0.1) is 0 Å². The van der Waals surface area contributed by atoms with Gasteiger partial charge in [-0.2, -0.15) is 0 Å². The maximum absolute atomic E-state index is 11.9. The highest BCUT2D eigenvalue weighted by Crippen LogP contribution is 2.24. The van der Waals surface area contributed by atoms with Gasteiger partial charge in [0.15, 0.2) is 5.69 Å². The summed E-state index contributed by atoms with van der Waals surface area (Å²) in [5.41, 5.74) is 0.832. The number of anilines is 2. The number of hydrogen-bond acceptors (Lipinski definition) is 8. The van der Waals surface area contributed by atoms with Crippen LogP contribution in [0.15, 0.2) is 53.7 Å². The SMILES string of the molecule is CCNC(=O)c1cnc(N[C@H]2CC[C@H](Nc3ccc(-n4ccccc4=O)cn3)C2)nn1. The summed E-state index contributed by atoms with van der Waals surface area (Å²) >= 11 is 0. The monoisotopic (exact) mass is 420 g/mol. The maximum atomic E-state index is 11.9. The van der Waals surface area contributed by atoms with Crippen LogP contribution in [0.5, 0.6) is 0 Å². The number of nitrogens with zero attached hydrogens (tertiary/aromatic N) is 5. The molecule has 1 aliphatic carbocycles. The van der Waals surface area contributed by atoms with Crippen molar-refractivity contribution in [2.75, 3.05) is 17.2 Å². The van der Waals surface area contributed by atoms with Crippen LogP contribution >= 0.6 is 0 Å². The Bertz CT molecular complexity index is 1080. The third-order valence-electron chi connectivity index (χ3n) is 5.10. The maximum Gasteiger partial charge on any atom is 0.273 e. The molecule has 3 aromatic rings. The minimum atomic E-state index is -0.283. The molecule has 1 saturated carbocycles. The Labute approximate surface area is 179 Å². The van der Waals surface area contributed by atoms with Gasteiger partial charge in [-0.25, -0.2) is 9.97 Å². The van der Waals surface area contributed by atoms with E-state index in [4.69, 9.17) is 0 Å². The molecule has 0 spiro atoms. The van der Waals surface area contributed by atoms with Gasteiger partial charge in [-0.05, 0) is 44.4 Å². The molecule has 0 unspecified atom stereocenters. The molecule has 31 heavy (non-hydrogen) atoms. The molecule has 0 aromatic carbocycles. The Morgan fingerprint density at radius 1 is 1.06 bits per heavy atom. The predicted octanol–water partition coefficient (Wildman–Crippen LogP) is 1.61. The molecule has 10 nitrogen and oxygen atoms in total. The lowest BCUT2D eigenvalue weighted by molar-refractivity contribution is 0.0949. The highest BCUT2D eigenvalue weighted by molar-refractivity contribution is 5.91. The van der Waals surface area contributed by atoms with Crippen molar-refractivity contribution in [3.8, 4) is 5.69 Å². The number of carbonyl (C=O) groups excluding carboxylic acids is 1. The molecular weight excluding hydrogens is 396 g/mol. The summed E-state index contributed by atoms with van der Waals surface area (Å²) in [5.74, 6) is 0.895. The van der Waals surface area contributed by atoms with E-state index in [-0.39, 0.29) is 29.2 Å². The van der Waals surface area contributed by atoms with Crippen LogP contribution < -0.4 is 21.5 Å². The molecule has 4 rings (SSSR count). The summed E-state index contributed by atoms with van der Waals surface area (Å²) < 4.78 is 1.55. The van der Waals surface area contributed by atoms with Crippen LogP contribution in [0.1, 0.15) is 36.7 Å². The number of hydrogen-bond donors (Lipinski definition) is 3. The summed E-state index contributed by atoms with van der Waals surface area (Å²) in [4.78, 5) is 32.3. The summed E-state index contributed by atoms with van der Waals surface area (Å²) in [5, 5.41) is 17.3. The van der Waals surface area contributed by atoms with E-state index in [0.29, 0.717) is 12.5 Å². The molecule has 3 heterocycles. The van der Waals surface area contributed by atoms with Crippen molar-refractivity contribution in [3.05, 3.63) is 65.0 Å². The first-order chi connectivity index (χ1) is 15.1. The van der Waals surface area contributed by atoms with E-state index in [1.54, 1.807) is 23.0 Å². The van der Waals surface area contributed by atoms with Gasteiger partial charge in [0.2, 0.25) is 5.95 Å². The fourth-order valence-electron chi connectivity index (χ4n) is 3.59. The van der Waals surface area contributed by atoms with E-state index in [0.717, 1.165) is 30.8 Å². The standard InChI is InChI=1S/C21H24N8O2/c1-2-22-20(31)17-13-24-21(28-27-17)26-15-7-6-14(11-15)25-18-9-8-16(12-23-18)29-10-4-3-5-19(29)30/h3-5,8-10,12-15H,2,6-7,11H2,1H3,(H,22,31)(H,23,25)(H,24,26,28)/t14-,15-/m0/s1. The second-order valence-electron chi connectivity index (χ2n) is 7.33. The number of aromatic nitrogens is 5. The van der Waals surface area contributed by atoms with E-state index in [2.05, 4.69) is 36.1 Å². The van der Waals surface area contributed by atoms with Crippen LogP contribution in [0.4, 0.5) is 11.8 Å². The van der Waals surface area contributed by atoms with Gasteiger partial charge in [-0.15, -0.1) is 10.2 Å². The average molecular weight is 420 g/mol. The van der Waals surface area contributed by atoms with Crippen molar-refractivity contribution in [2.24, 2.45) is 0 Å². The van der Waals surface area contributed by atoms with Crippen LogP contribution in [0.3, 0.4) is 0 Å². The van der Waals surface area contributed by atoms with Gasteiger partial charge < -0.3 is 16.0 Å². The van der Waals surface area contributed by atoms with Gasteiger partial charge in [0.25, 0.3) is 11.5 Å². The molecule has 2 atom stereocenters. The van der Waals surface area contributed by atoms with Crippen LogP contribution in [0.25, 0.3) is 5.69 Å². The van der Waals surface area contributed by atoms with E-state index >= 15 is 0 Å². The molecule has 0 aliphatic heterocycles. The third kappa shape index (κ3) is 5.03.